The molecule has 2 aromatic heterocycles. The first-order valence-corrected chi connectivity index (χ1v) is 17.7. The SMILES string of the molecule is C=C(/C=C\C(=C/C)N=Nc1ccc[n+](CCCN(C)/C=C\[NH2+]CCC[n+]2ccccc2N=Nc2ccc(N(C)C)cc2)c1)N(C)C.CBr. The molecule has 0 fully saturated rings. The number of allylic oxidation sites excluding steroid dienone is 3. The van der Waals surface area contributed by atoms with Gasteiger partial charge in [-0.2, -0.15) is 5.11 Å². The molecule has 256 valence electrons. The van der Waals surface area contributed by atoms with Crippen molar-refractivity contribution in [1.82, 2.24) is 9.80 Å². The summed E-state index contributed by atoms with van der Waals surface area (Å²) in [5.41, 5.74) is 4.50. The van der Waals surface area contributed by atoms with Crippen molar-refractivity contribution in [2.45, 2.75) is 32.9 Å². The van der Waals surface area contributed by atoms with Gasteiger partial charge in [-0.25, -0.2) is 9.13 Å². The Bertz CT molecular complexity index is 1530. The van der Waals surface area contributed by atoms with Crippen LogP contribution in [0.15, 0.2) is 142 Å². The molecule has 11 heteroatoms. The predicted octanol–water partition coefficient (Wildman–Crippen LogP) is 6.82. The van der Waals surface area contributed by atoms with Gasteiger partial charge in [-0.3, -0.25) is 0 Å². The van der Waals surface area contributed by atoms with Gasteiger partial charge in [-0.1, -0.05) is 34.7 Å². The van der Waals surface area contributed by atoms with Crippen LogP contribution in [0.2, 0.25) is 0 Å². The molecule has 0 saturated heterocycles. The highest BCUT2D eigenvalue weighted by atomic mass is 79.9. The summed E-state index contributed by atoms with van der Waals surface area (Å²) < 4.78 is 4.31. The predicted molar refractivity (Wildman–Crippen MR) is 201 cm³/mol. The summed E-state index contributed by atoms with van der Waals surface area (Å²) in [6.45, 7) is 9.69. The Morgan fingerprint density at radius 3 is 2.33 bits per heavy atom. The second kappa shape index (κ2) is 22.9. The summed E-state index contributed by atoms with van der Waals surface area (Å²) in [5.74, 6) is 2.66. The summed E-state index contributed by atoms with van der Waals surface area (Å²) in [6.07, 6.45) is 18.3. The van der Waals surface area contributed by atoms with Crippen LogP contribution in [0, 0.1) is 0 Å². The summed E-state index contributed by atoms with van der Waals surface area (Å²) in [5, 5.41) is 20.0. The van der Waals surface area contributed by atoms with E-state index < -0.39 is 0 Å². The fourth-order valence-electron chi connectivity index (χ4n) is 4.27. The number of pyridine rings is 2. The number of halogens is 1. The molecule has 0 radical (unpaired) electrons. The van der Waals surface area contributed by atoms with Crippen LogP contribution in [0.4, 0.5) is 22.9 Å². The molecule has 0 spiro atoms. The minimum atomic E-state index is 0.788. The van der Waals surface area contributed by atoms with E-state index in [1.807, 2.05) is 125 Å². The third kappa shape index (κ3) is 15.4. The normalized spacial score (nSPS) is 11.8. The minimum Gasteiger partial charge on any atom is -0.378 e. The first-order chi connectivity index (χ1) is 23.2. The van der Waals surface area contributed by atoms with Crippen LogP contribution in [-0.2, 0) is 13.1 Å². The van der Waals surface area contributed by atoms with E-state index in [0.29, 0.717) is 0 Å². The van der Waals surface area contributed by atoms with Crippen LogP contribution in [0.5, 0.6) is 0 Å². The van der Waals surface area contributed by atoms with Crippen LogP contribution in [0.1, 0.15) is 19.8 Å². The zero-order valence-corrected chi connectivity index (χ0v) is 31.3. The van der Waals surface area contributed by atoms with E-state index in [-0.39, 0.29) is 0 Å². The van der Waals surface area contributed by atoms with Gasteiger partial charge in [0, 0.05) is 78.1 Å². The van der Waals surface area contributed by atoms with Crippen LogP contribution in [0.25, 0.3) is 0 Å². The smallest absolute Gasteiger partial charge is 0.350 e. The topological polar surface area (TPSA) is 83.5 Å². The summed E-state index contributed by atoms with van der Waals surface area (Å²) in [7, 11) is 10.1. The quantitative estimate of drug-likeness (QED) is 0.0516. The van der Waals surface area contributed by atoms with Crippen molar-refractivity contribution in [3.8, 4) is 0 Å². The van der Waals surface area contributed by atoms with E-state index in [1.165, 1.54) is 0 Å². The molecule has 0 aliphatic heterocycles. The number of nitrogens with zero attached hydrogens (tertiary/aromatic N) is 9. The lowest BCUT2D eigenvalue weighted by Crippen LogP contribution is -2.78. The standard InChI is InChI=1S/C36H50N10.CH3Br/c1-8-32(17-16-31(2)42(3)4)38-40-34-14-11-25-45(30-34)26-13-24-44(7)29-23-37-22-12-28-46-27-10-9-15-36(46)41-39-33-18-20-35(21-19-33)43(5)6;1-2/h8-11,14-21,23,25,27,29-30,37H,2,12-13,22,24,26,28H2,1,3-7H3;1H3/q+2;/p+1/b17-16-,29-23-,32-8+,40-38?;. The zero-order valence-electron chi connectivity index (χ0n) is 29.7. The molecular weight excluding hydrogens is 664 g/mol. The Morgan fingerprint density at radius 2 is 1.62 bits per heavy atom. The van der Waals surface area contributed by atoms with Gasteiger partial charge in [0.2, 0.25) is 0 Å². The van der Waals surface area contributed by atoms with E-state index >= 15 is 0 Å². The molecule has 0 aliphatic carbocycles. The third-order valence-corrected chi connectivity index (χ3v) is 7.16. The molecule has 1 aromatic carbocycles. The van der Waals surface area contributed by atoms with E-state index in [9.17, 15) is 0 Å². The van der Waals surface area contributed by atoms with E-state index in [2.05, 4.69) is 99.1 Å². The number of quaternary nitrogens is 1. The van der Waals surface area contributed by atoms with Crippen molar-refractivity contribution < 1.29 is 14.5 Å². The maximum Gasteiger partial charge on any atom is 0.350 e. The molecular formula is C37H54BrN10+3. The lowest BCUT2D eigenvalue weighted by Gasteiger charge is -2.11. The van der Waals surface area contributed by atoms with Crippen molar-refractivity contribution >= 4 is 38.8 Å². The number of benzene rings is 1. The summed E-state index contributed by atoms with van der Waals surface area (Å²) in [4.78, 5) is 6.25. The van der Waals surface area contributed by atoms with Gasteiger partial charge in [-0.15, -0.1) is 5.11 Å². The molecule has 10 nitrogen and oxygen atoms in total. The zero-order chi connectivity index (χ0) is 35.1. The second-order valence-corrected chi connectivity index (χ2v) is 11.3. The van der Waals surface area contributed by atoms with Gasteiger partial charge in [-0.05, 0) is 66.4 Å². The maximum atomic E-state index is 4.50. The second-order valence-electron chi connectivity index (χ2n) is 11.3. The van der Waals surface area contributed by atoms with Gasteiger partial charge in [0.1, 0.15) is 24.1 Å². The minimum absolute atomic E-state index is 0.788. The van der Waals surface area contributed by atoms with Gasteiger partial charge < -0.3 is 20.0 Å². The highest BCUT2D eigenvalue weighted by Gasteiger charge is 2.09. The summed E-state index contributed by atoms with van der Waals surface area (Å²) in [6, 6.07) is 18.1. The summed E-state index contributed by atoms with van der Waals surface area (Å²) >= 11 is 2.94. The molecule has 0 amide bonds. The number of rotatable bonds is 18. The van der Waals surface area contributed by atoms with E-state index in [1.54, 1.807) is 0 Å². The molecule has 0 aliphatic rings. The Kier molecular flexibility index (Phi) is 19.0. The average molecular weight is 719 g/mol. The highest BCUT2D eigenvalue weighted by Crippen LogP contribution is 2.20. The number of nitrogens with two attached hydrogens (primary N) is 1. The fourth-order valence-corrected chi connectivity index (χ4v) is 4.27. The van der Waals surface area contributed by atoms with Crippen molar-refractivity contribution in [3.63, 3.8) is 0 Å². The Morgan fingerprint density at radius 1 is 0.854 bits per heavy atom. The third-order valence-electron chi connectivity index (χ3n) is 7.16. The van der Waals surface area contributed by atoms with E-state index in [0.717, 1.165) is 73.3 Å². The van der Waals surface area contributed by atoms with Crippen LogP contribution >= 0.6 is 15.9 Å². The van der Waals surface area contributed by atoms with Gasteiger partial charge >= 0.3 is 5.82 Å². The molecule has 2 heterocycles. The number of anilines is 1. The highest BCUT2D eigenvalue weighted by molar-refractivity contribution is 9.08. The van der Waals surface area contributed by atoms with Crippen molar-refractivity contribution in [2.24, 2.45) is 20.5 Å². The number of hydrogen-bond donors (Lipinski definition) is 1. The van der Waals surface area contributed by atoms with Crippen LogP contribution < -0.4 is 19.4 Å². The van der Waals surface area contributed by atoms with Crippen molar-refractivity contribution in [2.75, 3.05) is 59.1 Å². The molecule has 0 unspecified atom stereocenters. The number of alkyl halides is 1. The number of aromatic nitrogens is 2. The first-order valence-electron chi connectivity index (χ1n) is 16.1. The Hall–Kier alpha value is -4.48. The fraction of sp³-hybridized carbons (Fsp3) is 0.351. The Balaban J connectivity index is 0.00000392. The number of likely N-dealkylation sites (N-methyl/N-ethyl adjacent to an activating group) is 1. The maximum absolute atomic E-state index is 4.50. The van der Waals surface area contributed by atoms with Crippen LogP contribution in [0.3, 0.4) is 0 Å². The number of aryl methyl sites for hydroxylation is 2. The van der Waals surface area contributed by atoms with Gasteiger partial charge in [0.05, 0.1) is 36.3 Å². The lowest BCUT2D eigenvalue weighted by molar-refractivity contribution is -0.696. The molecule has 48 heavy (non-hydrogen) atoms. The molecule has 0 atom stereocenters. The number of hydrogen-bond acceptors (Lipinski definition) is 7. The number of azo groups is 2. The van der Waals surface area contributed by atoms with Crippen molar-refractivity contribution in [1.29, 1.82) is 0 Å². The molecule has 0 bridgehead atoms. The molecule has 0 saturated carbocycles. The molecule has 3 aromatic rings. The average Bonchev–Trinajstić information content (AvgIpc) is 3.10. The monoisotopic (exact) mass is 717 g/mol. The van der Waals surface area contributed by atoms with E-state index in [4.69, 9.17) is 0 Å². The largest absolute Gasteiger partial charge is 0.378 e. The Labute approximate surface area is 296 Å². The van der Waals surface area contributed by atoms with Gasteiger partial charge in [0.15, 0.2) is 12.4 Å². The van der Waals surface area contributed by atoms with Crippen molar-refractivity contribution in [3.05, 3.63) is 122 Å². The molecule has 2 N–H and O–H groups in total. The molecule has 3 rings (SSSR count). The first kappa shape index (κ1) is 39.7. The van der Waals surface area contributed by atoms with Gasteiger partial charge in [0.25, 0.3) is 0 Å². The lowest BCUT2D eigenvalue weighted by atomic mass is 10.3. The van der Waals surface area contributed by atoms with Crippen LogP contribution in [-0.4, -0.2) is 64.0 Å².